The minimum Gasteiger partial charge on any atom is -0.444 e. The molecule has 2 N–H and O–H groups in total. The predicted octanol–water partition coefficient (Wildman–Crippen LogP) is 3.50. The number of benzene rings is 1. The van der Waals surface area contributed by atoms with Crippen molar-refractivity contribution in [2.75, 3.05) is 11.9 Å². The van der Waals surface area contributed by atoms with Gasteiger partial charge in [-0.2, -0.15) is 0 Å². The minimum absolute atomic E-state index is 0.0778. The number of carbonyl (C=O) groups is 2. The van der Waals surface area contributed by atoms with Crippen LogP contribution in [0.3, 0.4) is 0 Å². The third-order valence-electron chi connectivity index (χ3n) is 3.31. The number of anilines is 1. The molecular weight excluding hydrogens is 292 g/mol. The van der Waals surface area contributed by atoms with Crippen LogP contribution in [0, 0.1) is 0 Å². The van der Waals surface area contributed by atoms with Gasteiger partial charge in [0.05, 0.1) is 0 Å². The zero-order chi connectivity index (χ0) is 16.9. The van der Waals surface area contributed by atoms with Crippen LogP contribution in [0.25, 0.3) is 6.08 Å². The van der Waals surface area contributed by atoms with Gasteiger partial charge in [-0.05, 0) is 56.9 Å². The number of aryl methyl sites for hydroxylation is 1. The zero-order valence-electron chi connectivity index (χ0n) is 13.9. The van der Waals surface area contributed by atoms with E-state index in [2.05, 4.69) is 16.7 Å². The number of alkyl carbamates (subject to hydrolysis) is 1. The molecule has 0 saturated heterocycles. The highest BCUT2D eigenvalue weighted by molar-refractivity contribution is 5.94. The maximum atomic E-state index is 11.5. The average molecular weight is 316 g/mol. The van der Waals surface area contributed by atoms with Crippen molar-refractivity contribution < 1.29 is 14.3 Å². The molecule has 1 aromatic rings. The van der Waals surface area contributed by atoms with Crippen LogP contribution in [-0.2, 0) is 16.0 Å². The van der Waals surface area contributed by atoms with Crippen molar-refractivity contribution in [3.05, 3.63) is 35.4 Å². The molecule has 124 valence electrons. The third kappa shape index (κ3) is 5.77. The molecule has 0 atom stereocenters. The standard InChI is InChI=1S/C18H24N2O3/c1-18(2,3)23-17(22)19-11-5-4-6-13-7-9-15-14(12-13)8-10-16(21)20-15/h4,6-7,9,12H,5,8,10-11H2,1-3H3,(H,19,22)(H,20,21). The molecule has 0 bridgehead atoms. The molecule has 1 aliphatic rings. The number of ether oxygens (including phenoxy) is 1. The molecule has 5 nitrogen and oxygen atoms in total. The van der Waals surface area contributed by atoms with E-state index in [1.165, 1.54) is 5.56 Å². The first-order chi connectivity index (χ1) is 10.8. The predicted molar refractivity (Wildman–Crippen MR) is 91.3 cm³/mol. The number of amides is 2. The number of nitrogens with one attached hydrogen (secondary N) is 2. The van der Waals surface area contributed by atoms with E-state index < -0.39 is 11.7 Å². The number of carbonyl (C=O) groups excluding carboxylic acids is 2. The van der Waals surface area contributed by atoms with Crippen molar-refractivity contribution in [2.45, 2.75) is 45.6 Å². The van der Waals surface area contributed by atoms with Crippen LogP contribution in [0.15, 0.2) is 24.3 Å². The Morgan fingerprint density at radius 3 is 2.87 bits per heavy atom. The van der Waals surface area contributed by atoms with Crippen molar-refractivity contribution in [1.82, 2.24) is 5.32 Å². The Balaban J connectivity index is 1.78. The Kier molecular flexibility index (Phi) is 5.42. The Hall–Kier alpha value is -2.30. The highest BCUT2D eigenvalue weighted by atomic mass is 16.6. The highest BCUT2D eigenvalue weighted by Crippen LogP contribution is 2.24. The first kappa shape index (κ1) is 17.1. The van der Waals surface area contributed by atoms with Gasteiger partial charge in [0.1, 0.15) is 5.60 Å². The van der Waals surface area contributed by atoms with Gasteiger partial charge in [0.2, 0.25) is 5.91 Å². The lowest BCUT2D eigenvalue weighted by molar-refractivity contribution is -0.116. The summed E-state index contributed by atoms with van der Waals surface area (Å²) in [6.45, 7) is 6.05. The Labute approximate surface area is 137 Å². The van der Waals surface area contributed by atoms with E-state index in [-0.39, 0.29) is 5.91 Å². The van der Waals surface area contributed by atoms with E-state index in [0.717, 1.165) is 24.1 Å². The van der Waals surface area contributed by atoms with Gasteiger partial charge in [0.15, 0.2) is 0 Å². The average Bonchev–Trinajstić information content (AvgIpc) is 2.45. The molecule has 23 heavy (non-hydrogen) atoms. The fourth-order valence-corrected chi connectivity index (χ4v) is 2.30. The topological polar surface area (TPSA) is 67.4 Å². The molecule has 1 heterocycles. The summed E-state index contributed by atoms with van der Waals surface area (Å²) in [5.74, 6) is 0.0778. The monoisotopic (exact) mass is 316 g/mol. The van der Waals surface area contributed by atoms with Gasteiger partial charge in [0.25, 0.3) is 0 Å². The van der Waals surface area contributed by atoms with Crippen LogP contribution < -0.4 is 10.6 Å². The van der Waals surface area contributed by atoms with Crippen LogP contribution >= 0.6 is 0 Å². The van der Waals surface area contributed by atoms with Crippen molar-refractivity contribution >= 4 is 23.8 Å². The fourth-order valence-electron chi connectivity index (χ4n) is 2.30. The fraction of sp³-hybridized carbons (Fsp3) is 0.444. The molecule has 1 aromatic carbocycles. The molecule has 2 amide bonds. The minimum atomic E-state index is -0.474. The Bertz CT molecular complexity index is 615. The Morgan fingerprint density at radius 1 is 1.35 bits per heavy atom. The number of hydrogen-bond acceptors (Lipinski definition) is 3. The molecule has 0 spiro atoms. The van der Waals surface area contributed by atoms with Crippen LogP contribution in [0.4, 0.5) is 10.5 Å². The molecule has 0 aliphatic carbocycles. The first-order valence-electron chi connectivity index (χ1n) is 7.90. The molecule has 0 fully saturated rings. The summed E-state index contributed by atoms with van der Waals surface area (Å²) < 4.78 is 5.16. The lowest BCUT2D eigenvalue weighted by atomic mass is 10.00. The van der Waals surface area contributed by atoms with Crippen molar-refractivity contribution in [2.24, 2.45) is 0 Å². The van der Waals surface area contributed by atoms with E-state index in [0.29, 0.717) is 13.0 Å². The molecule has 0 saturated carbocycles. The summed E-state index contributed by atoms with van der Waals surface area (Å²) in [6.07, 6.45) is 5.69. The second kappa shape index (κ2) is 7.31. The van der Waals surface area contributed by atoms with Crippen LogP contribution in [0.2, 0.25) is 0 Å². The number of hydrogen-bond donors (Lipinski definition) is 2. The van der Waals surface area contributed by atoms with E-state index in [1.807, 2.05) is 45.1 Å². The Morgan fingerprint density at radius 2 is 2.13 bits per heavy atom. The zero-order valence-corrected chi connectivity index (χ0v) is 13.9. The quantitative estimate of drug-likeness (QED) is 0.835. The number of rotatable bonds is 4. The lowest BCUT2D eigenvalue weighted by Gasteiger charge is -2.19. The molecule has 1 aliphatic heterocycles. The molecule has 5 heteroatoms. The van der Waals surface area contributed by atoms with E-state index >= 15 is 0 Å². The summed E-state index contributed by atoms with van der Waals surface area (Å²) in [4.78, 5) is 22.8. The molecule has 2 rings (SSSR count). The van der Waals surface area contributed by atoms with Crippen LogP contribution in [0.1, 0.15) is 44.7 Å². The second-order valence-corrected chi connectivity index (χ2v) is 6.58. The van der Waals surface area contributed by atoms with Gasteiger partial charge in [-0.25, -0.2) is 4.79 Å². The van der Waals surface area contributed by atoms with Crippen molar-refractivity contribution in [3.63, 3.8) is 0 Å². The van der Waals surface area contributed by atoms with Gasteiger partial charge in [-0.3, -0.25) is 4.79 Å². The van der Waals surface area contributed by atoms with Gasteiger partial charge >= 0.3 is 6.09 Å². The van der Waals surface area contributed by atoms with Crippen molar-refractivity contribution in [1.29, 1.82) is 0 Å². The third-order valence-corrected chi connectivity index (χ3v) is 3.31. The van der Waals surface area contributed by atoms with E-state index in [1.54, 1.807) is 0 Å². The normalized spacial score (nSPS) is 14.3. The first-order valence-corrected chi connectivity index (χ1v) is 7.90. The van der Waals surface area contributed by atoms with Crippen LogP contribution in [0.5, 0.6) is 0 Å². The number of fused-ring (bicyclic) bond motifs is 1. The van der Waals surface area contributed by atoms with Crippen LogP contribution in [-0.4, -0.2) is 24.1 Å². The maximum Gasteiger partial charge on any atom is 0.407 e. The van der Waals surface area contributed by atoms with Gasteiger partial charge < -0.3 is 15.4 Å². The summed E-state index contributed by atoms with van der Waals surface area (Å²) >= 11 is 0. The summed E-state index contributed by atoms with van der Waals surface area (Å²) in [5.41, 5.74) is 2.69. The highest BCUT2D eigenvalue weighted by Gasteiger charge is 2.15. The molecule has 0 aromatic heterocycles. The van der Waals surface area contributed by atoms with Crippen molar-refractivity contribution in [3.8, 4) is 0 Å². The summed E-state index contributed by atoms with van der Waals surface area (Å²) in [6, 6.07) is 6.00. The SMILES string of the molecule is CC(C)(C)OC(=O)NCCC=Cc1ccc2c(c1)CCC(=O)N2. The van der Waals surface area contributed by atoms with E-state index in [9.17, 15) is 9.59 Å². The molecular formula is C18H24N2O3. The summed E-state index contributed by atoms with van der Waals surface area (Å²) in [5, 5.41) is 5.59. The van der Waals surface area contributed by atoms with Gasteiger partial charge in [-0.15, -0.1) is 0 Å². The maximum absolute atomic E-state index is 11.5. The van der Waals surface area contributed by atoms with Gasteiger partial charge in [-0.1, -0.05) is 18.2 Å². The lowest BCUT2D eigenvalue weighted by Crippen LogP contribution is -2.32. The van der Waals surface area contributed by atoms with Gasteiger partial charge in [0, 0.05) is 18.7 Å². The molecule has 0 unspecified atom stereocenters. The van der Waals surface area contributed by atoms with E-state index in [4.69, 9.17) is 4.74 Å². The summed E-state index contributed by atoms with van der Waals surface area (Å²) in [7, 11) is 0. The smallest absolute Gasteiger partial charge is 0.407 e. The second-order valence-electron chi connectivity index (χ2n) is 6.58. The largest absolute Gasteiger partial charge is 0.444 e. The molecule has 0 radical (unpaired) electrons.